The summed E-state index contributed by atoms with van der Waals surface area (Å²) in [4.78, 5) is 3.68. The molecule has 5 aromatic rings. The Bertz CT molecular complexity index is 1500. The largest absolute Gasteiger partial charge is 0.150 e. The number of nitrogens with zero attached hydrogens (tertiary/aromatic N) is 6. The highest BCUT2D eigenvalue weighted by molar-refractivity contribution is 5.85. The summed E-state index contributed by atoms with van der Waals surface area (Å²) in [7, 11) is 0. The quantitative estimate of drug-likeness (QED) is 0.277. The van der Waals surface area contributed by atoms with Crippen molar-refractivity contribution in [1.29, 1.82) is 0 Å². The Hall–Kier alpha value is -3.54. The maximum absolute atomic E-state index is 5.00. The molecule has 3 aromatic carbocycles. The molecule has 0 spiro atoms. The van der Waals surface area contributed by atoms with Gasteiger partial charge >= 0.3 is 0 Å². The van der Waals surface area contributed by atoms with Gasteiger partial charge in [-0.1, -0.05) is 0 Å². The van der Waals surface area contributed by atoms with Gasteiger partial charge in [0.25, 0.3) is 0 Å². The maximum atomic E-state index is 5.00. The van der Waals surface area contributed by atoms with Gasteiger partial charge in [-0.2, -0.15) is 0 Å². The summed E-state index contributed by atoms with van der Waals surface area (Å²) in [6.45, 7) is 25.9. The van der Waals surface area contributed by atoms with Crippen LogP contribution >= 0.6 is 0 Å². The van der Waals surface area contributed by atoms with Gasteiger partial charge in [0, 0.05) is 0 Å². The first kappa shape index (κ1) is 24.2. The second-order valence-electron chi connectivity index (χ2n) is 10.6. The molecule has 0 saturated carbocycles. The molecule has 0 saturated heterocycles. The number of hydrogen-bond donors (Lipinski definition) is 0. The maximum Gasteiger partial charge on any atom is 0.117 e. The van der Waals surface area contributed by atoms with Gasteiger partial charge in [-0.15, -0.1) is 30.0 Å². The minimum absolute atomic E-state index is 0.977. The highest BCUT2D eigenvalue weighted by Gasteiger charge is 2.23. The van der Waals surface area contributed by atoms with E-state index >= 15 is 0 Å². The average molecular weight is 481 g/mol. The van der Waals surface area contributed by atoms with E-state index < -0.39 is 0 Å². The van der Waals surface area contributed by atoms with Crippen LogP contribution < -0.4 is 0 Å². The first-order valence-electron chi connectivity index (χ1n) is 12.6. The fourth-order valence-electron chi connectivity index (χ4n) is 5.53. The Morgan fingerprint density at radius 1 is 0.278 bits per heavy atom. The van der Waals surface area contributed by atoms with Crippen LogP contribution in [0, 0.1) is 83.1 Å². The van der Waals surface area contributed by atoms with Gasteiger partial charge in [0.05, 0.1) is 11.4 Å². The molecule has 0 bridgehead atoms. The van der Waals surface area contributed by atoms with Crippen LogP contribution in [0.15, 0.2) is 0 Å². The van der Waals surface area contributed by atoms with Crippen molar-refractivity contribution >= 4 is 22.1 Å². The standard InChI is InChI=1S/C30H36N6/c1-13-14(2)18(6)26-25(17(13)5)31-35(32-26)29-21(9)23(11)30(24(12)22(29)10)36-33-27-19(7)15(3)16(4)20(8)28(27)34-36/h1-12H3. The van der Waals surface area contributed by atoms with Crippen LogP contribution in [0.2, 0.25) is 0 Å². The predicted molar refractivity (Wildman–Crippen MR) is 148 cm³/mol. The first-order chi connectivity index (χ1) is 16.9. The molecule has 0 unspecified atom stereocenters. The van der Waals surface area contributed by atoms with Gasteiger partial charge in [-0.3, -0.25) is 0 Å². The molecule has 36 heavy (non-hydrogen) atoms. The number of fused-ring (bicyclic) bond motifs is 2. The van der Waals surface area contributed by atoms with Crippen LogP contribution in [-0.2, 0) is 0 Å². The van der Waals surface area contributed by atoms with Gasteiger partial charge in [-0.05, 0) is 150 Å². The van der Waals surface area contributed by atoms with Crippen molar-refractivity contribution in [2.75, 3.05) is 0 Å². The molecule has 2 heterocycles. The number of aromatic nitrogens is 6. The van der Waals surface area contributed by atoms with Crippen molar-refractivity contribution in [3.05, 3.63) is 66.8 Å². The summed E-state index contributed by atoms with van der Waals surface area (Å²) in [5, 5.41) is 20.0. The summed E-state index contributed by atoms with van der Waals surface area (Å²) >= 11 is 0. The molecule has 0 aliphatic rings. The molecular weight excluding hydrogens is 444 g/mol. The normalized spacial score (nSPS) is 11.9. The highest BCUT2D eigenvalue weighted by atomic mass is 15.5. The lowest BCUT2D eigenvalue weighted by molar-refractivity contribution is 0.732. The van der Waals surface area contributed by atoms with Crippen molar-refractivity contribution in [2.24, 2.45) is 0 Å². The lowest BCUT2D eigenvalue weighted by Gasteiger charge is -2.18. The molecule has 6 heteroatoms. The average Bonchev–Trinajstić information content (AvgIpc) is 3.48. The van der Waals surface area contributed by atoms with Gasteiger partial charge < -0.3 is 0 Å². The zero-order valence-electron chi connectivity index (χ0n) is 23.7. The molecule has 186 valence electrons. The topological polar surface area (TPSA) is 61.4 Å². The lowest BCUT2D eigenvalue weighted by atomic mass is 9.96. The highest BCUT2D eigenvalue weighted by Crippen LogP contribution is 2.34. The fourth-order valence-corrected chi connectivity index (χ4v) is 5.53. The Morgan fingerprint density at radius 2 is 0.472 bits per heavy atom. The van der Waals surface area contributed by atoms with E-state index in [0.717, 1.165) is 55.7 Å². The van der Waals surface area contributed by atoms with Gasteiger partial charge in [-0.25, -0.2) is 0 Å². The monoisotopic (exact) mass is 480 g/mol. The number of aryl methyl sites for hydroxylation is 4. The zero-order chi connectivity index (χ0) is 26.4. The summed E-state index contributed by atoms with van der Waals surface area (Å²) in [5.74, 6) is 0. The zero-order valence-corrected chi connectivity index (χ0v) is 23.7. The molecule has 0 N–H and O–H groups in total. The fraction of sp³-hybridized carbons (Fsp3) is 0.400. The molecule has 0 radical (unpaired) electrons. The van der Waals surface area contributed by atoms with Crippen molar-refractivity contribution in [3.63, 3.8) is 0 Å². The van der Waals surface area contributed by atoms with E-state index in [1.807, 2.05) is 9.59 Å². The molecule has 0 atom stereocenters. The van der Waals surface area contributed by atoms with E-state index in [0.29, 0.717) is 0 Å². The van der Waals surface area contributed by atoms with E-state index in [9.17, 15) is 0 Å². The third-order valence-corrected chi connectivity index (χ3v) is 8.97. The van der Waals surface area contributed by atoms with Gasteiger partial charge in [0.1, 0.15) is 22.1 Å². The van der Waals surface area contributed by atoms with E-state index in [-0.39, 0.29) is 0 Å². The second-order valence-corrected chi connectivity index (χ2v) is 10.6. The Kier molecular flexibility index (Phi) is 5.36. The van der Waals surface area contributed by atoms with Crippen LogP contribution in [-0.4, -0.2) is 30.0 Å². The van der Waals surface area contributed by atoms with Crippen molar-refractivity contribution in [2.45, 2.75) is 83.1 Å². The number of rotatable bonds is 2. The van der Waals surface area contributed by atoms with Crippen molar-refractivity contribution in [3.8, 4) is 11.4 Å². The number of hydrogen-bond acceptors (Lipinski definition) is 4. The minimum Gasteiger partial charge on any atom is -0.150 e. The Labute approximate surface area is 213 Å². The van der Waals surface area contributed by atoms with Crippen LogP contribution in [0.4, 0.5) is 0 Å². The molecule has 2 aromatic heterocycles. The molecule has 0 amide bonds. The van der Waals surface area contributed by atoms with E-state index in [2.05, 4.69) is 83.1 Å². The van der Waals surface area contributed by atoms with E-state index in [1.54, 1.807) is 0 Å². The third kappa shape index (κ3) is 3.09. The summed E-state index contributed by atoms with van der Waals surface area (Å²) in [5.41, 5.74) is 20.5. The summed E-state index contributed by atoms with van der Waals surface area (Å²) < 4.78 is 0. The molecule has 0 fully saturated rings. The van der Waals surface area contributed by atoms with Gasteiger partial charge in [0.2, 0.25) is 0 Å². The van der Waals surface area contributed by atoms with Crippen molar-refractivity contribution in [1.82, 2.24) is 30.0 Å². The first-order valence-corrected chi connectivity index (χ1v) is 12.6. The summed E-state index contributed by atoms with van der Waals surface area (Å²) in [6.07, 6.45) is 0. The van der Waals surface area contributed by atoms with Crippen LogP contribution in [0.5, 0.6) is 0 Å². The lowest BCUT2D eigenvalue weighted by Crippen LogP contribution is -2.12. The molecule has 0 aliphatic heterocycles. The molecule has 6 nitrogen and oxygen atoms in total. The van der Waals surface area contributed by atoms with Gasteiger partial charge in [0.15, 0.2) is 0 Å². The molecular formula is C30H36N6. The van der Waals surface area contributed by atoms with Crippen LogP contribution in [0.1, 0.15) is 66.8 Å². The Balaban J connectivity index is 1.77. The smallest absolute Gasteiger partial charge is 0.117 e. The van der Waals surface area contributed by atoms with Crippen LogP contribution in [0.25, 0.3) is 33.4 Å². The van der Waals surface area contributed by atoms with Crippen molar-refractivity contribution < 1.29 is 0 Å². The number of benzene rings is 3. The molecule has 5 rings (SSSR count). The minimum atomic E-state index is 0.977. The van der Waals surface area contributed by atoms with Crippen LogP contribution in [0.3, 0.4) is 0 Å². The Morgan fingerprint density at radius 3 is 0.667 bits per heavy atom. The second kappa shape index (κ2) is 7.99. The molecule has 0 aliphatic carbocycles. The van der Waals surface area contributed by atoms with E-state index in [1.165, 1.54) is 44.5 Å². The predicted octanol–water partition coefficient (Wildman–Crippen LogP) is 6.86. The SMILES string of the molecule is Cc1c(C)c(-n2nc3c(C)c(C)c(C)c(C)c3n2)c(C)c(C)c1-n1nc2c(C)c(C)c(C)c(C)c2n1. The van der Waals surface area contributed by atoms with E-state index in [4.69, 9.17) is 20.4 Å². The third-order valence-electron chi connectivity index (χ3n) is 8.97. The summed E-state index contributed by atoms with van der Waals surface area (Å²) in [6, 6.07) is 0.